The summed E-state index contributed by atoms with van der Waals surface area (Å²) in [5.74, 6) is -0.875. The molecule has 0 atom stereocenters. The van der Waals surface area contributed by atoms with Crippen LogP contribution in [0.25, 0.3) is 0 Å². The van der Waals surface area contributed by atoms with Crippen LogP contribution in [0.4, 0.5) is 5.82 Å². The third-order valence-electron chi connectivity index (χ3n) is 3.54. The maximum absolute atomic E-state index is 12.7. The summed E-state index contributed by atoms with van der Waals surface area (Å²) in [6.07, 6.45) is 0. The lowest BCUT2D eigenvalue weighted by Gasteiger charge is -2.07. The zero-order valence-corrected chi connectivity index (χ0v) is 16.4. The number of nitrogen functional groups attached to an aromatic ring is 1. The Bertz CT molecular complexity index is 1090. The number of nitrogens with zero attached hydrogens (tertiary/aromatic N) is 2. The summed E-state index contributed by atoms with van der Waals surface area (Å²) in [5.41, 5.74) is 5.93. The molecule has 0 saturated carbocycles. The van der Waals surface area contributed by atoms with Crippen LogP contribution in [0.3, 0.4) is 0 Å². The molecule has 1 aromatic heterocycles. The number of methoxy groups -OCH3 is 1. The maximum atomic E-state index is 12.7. The van der Waals surface area contributed by atoms with E-state index in [2.05, 4.69) is 21.0 Å². The Morgan fingerprint density at radius 3 is 2.48 bits per heavy atom. The number of benzene rings is 2. The molecule has 0 saturated heterocycles. The van der Waals surface area contributed by atoms with Gasteiger partial charge in [-0.25, -0.2) is 4.79 Å². The molecule has 0 bridgehead atoms. The SMILES string of the molecule is COc1ccccc1C(=O)Oc1cc(N)n(S(=O)(=O)c2ccc(Br)cc2)n1. The number of hydrogen-bond donors (Lipinski definition) is 1. The van der Waals surface area contributed by atoms with E-state index in [9.17, 15) is 13.2 Å². The number of ether oxygens (including phenoxy) is 2. The molecule has 0 radical (unpaired) electrons. The van der Waals surface area contributed by atoms with Crippen molar-refractivity contribution in [2.45, 2.75) is 4.90 Å². The summed E-state index contributed by atoms with van der Waals surface area (Å²) < 4.78 is 37.0. The number of carbonyl (C=O) groups excluding carboxylic acids is 1. The standard InChI is InChI=1S/C17H14BrN3O5S/c1-25-14-5-3-2-4-13(14)17(22)26-16-10-15(19)21(20-16)27(23,24)12-8-6-11(18)7-9-12/h2-10H,19H2,1H3. The van der Waals surface area contributed by atoms with E-state index in [1.807, 2.05) is 0 Å². The Hall–Kier alpha value is -2.85. The van der Waals surface area contributed by atoms with Gasteiger partial charge in [-0.3, -0.25) is 0 Å². The summed E-state index contributed by atoms with van der Waals surface area (Å²) in [5, 5.41) is 3.81. The van der Waals surface area contributed by atoms with Crippen molar-refractivity contribution in [3.05, 3.63) is 64.6 Å². The molecule has 8 nitrogen and oxygen atoms in total. The number of aromatic nitrogens is 2. The second-order valence-corrected chi connectivity index (χ2v) is 7.98. The van der Waals surface area contributed by atoms with E-state index in [4.69, 9.17) is 15.2 Å². The largest absolute Gasteiger partial charge is 0.496 e. The molecular weight excluding hydrogens is 438 g/mol. The molecule has 2 N–H and O–H groups in total. The zero-order valence-electron chi connectivity index (χ0n) is 14.0. The number of nitrogens with two attached hydrogens (primary N) is 1. The summed E-state index contributed by atoms with van der Waals surface area (Å²) in [6.45, 7) is 0. The third kappa shape index (κ3) is 3.81. The fraction of sp³-hybridized carbons (Fsp3) is 0.0588. The van der Waals surface area contributed by atoms with Gasteiger partial charge in [-0.1, -0.05) is 28.1 Å². The van der Waals surface area contributed by atoms with Crippen molar-refractivity contribution >= 4 is 37.7 Å². The van der Waals surface area contributed by atoms with Crippen LogP contribution in [0.15, 0.2) is 64.0 Å². The van der Waals surface area contributed by atoms with Gasteiger partial charge < -0.3 is 15.2 Å². The highest BCUT2D eigenvalue weighted by molar-refractivity contribution is 9.10. The van der Waals surface area contributed by atoms with E-state index in [1.165, 1.54) is 25.3 Å². The first kappa shape index (κ1) is 18.9. The van der Waals surface area contributed by atoms with Crippen molar-refractivity contribution in [2.75, 3.05) is 12.8 Å². The van der Waals surface area contributed by atoms with Gasteiger partial charge >= 0.3 is 5.97 Å². The molecule has 2 aromatic carbocycles. The van der Waals surface area contributed by atoms with Crippen LogP contribution in [-0.4, -0.2) is 30.7 Å². The minimum absolute atomic E-state index is 0.0110. The predicted molar refractivity (Wildman–Crippen MR) is 101 cm³/mol. The second kappa shape index (κ2) is 7.41. The van der Waals surface area contributed by atoms with Crippen LogP contribution in [-0.2, 0) is 10.0 Å². The van der Waals surface area contributed by atoms with Crippen LogP contribution in [0.2, 0.25) is 0 Å². The molecule has 1 heterocycles. The van der Waals surface area contributed by atoms with Gasteiger partial charge in [0.15, 0.2) is 0 Å². The molecule has 10 heteroatoms. The van der Waals surface area contributed by atoms with E-state index >= 15 is 0 Å². The average molecular weight is 452 g/mol. The van der Waals surface area contributed by atoms with Gasteiger partial charge in [0.05, 0.1) is 12.0 Å². The van der Waals surface area contributed by atoms with Gasteiger partial charge in [-0.2, -0.15) is 8.42 Å². The van der Waals surface area contributed by atoms with Crippen LogP contribution >= 0.6 is 15.9 Å². The lowest BCUT2D eigenvalue weighted by atomic mass is 10.2. The van der Waals surface area contributed by atoms with E-state index in [0.717, 1.165) is 10.5 Å². The fourth-order valence-electron chi connectivity index (χ4n) is 2.27. The van der Waals surface area contributed by atoms with E-state index in [1.54, 1.807) is 30.3 Å². The first-order valence-corrected chi connectivity index (χ1v) is 9.78. The van der Waals surface area contributed by atoms with Crippen molar-refractivity contribution in [3.8, 4) is 11.6 Å². The Morgan fingerprint density at radius 1 is 1.15 bits per heavy atom. The van der Waals surface area contributed by atoms with Crippen LogP contribution in [0.1, 0.15) is 10.4 Å². The molecule has 0 spiro atoms. The molecule has 0 aliphatic heterocycles. The molecule has 3 rings (SSSR count). The minimum atomic E-state index is -4.04. The van der Waals surface area contributed by atoms with Gasteiger partial charge in [0.2, 0.25) is 5.88 Å². The first-order chi connectivity index (χ1) is 12.8. The summed E-state index contributed by atoms with van der Waals surface area (Å²) >= 11 is 3.24. The topological polar surface area (TPSA) is 114 Å². The Labute approximate surface area is 163 Å². The Kier molecular flexibility index (Phi) is 5.19. The van der Waals surface area contributed by atoms with E-state index < -0.39 is 16.0 Å². The van der Waals surface area contributed by atoms with Gasteiger partial charge in [0.25, 0.3) is 10.0 Å². The summed E-state index contributed by atoms with van der Waals surface area (Å²) in [4.78, 5) is 12.3. The molecular formula is C17H14BrN3O5S. The first-order valence-electron chi connectivity index (χ1n) is 7.55. The number of rotatable bonds is 5. The van der Waals surface area contributed by atoms with Crippen molar-refractivity contribution in [2.24, 2.45) is 0 Å². The molecule has 140 valence electrons. The molecule has 3 aromatic rings. The van der Waals surface area contributed by atoms with Gasteiger partial charge in [-0.05, 0) is 36.4 Å². The number of carbonyl (C=O) groups is 1. The van der Waals surface area contributed by atoms with Gasteiger partial charge in [-0.15, -0.1) is 9.19 Å². The molecule has 0 fully saturated rings. The van der Waals surface area contributed by atoms with Crippen molar-refractivity contribution in [1.82, 2.24) is 9.19 Å². The monoisotopic (exact) mass is 451 g/mol. The Morgan fingerprint density at radius 2 is 1.81 bits per heavy atom. The lowest BCUT2D eigenvalue weighted by molar-refractivity contribution is 0.0723. The quantitative estimate of drug-likeness (QED) is 0.592. The van der Waals surface area contributed by atoms with Gasteiger partial charge in [0.1, 0.15) is 17.1 Å². The maximum Gasteiger partial charge on any atom is 0.348 e. The highest BCUT2D eigenvalue weighted by atomic mass is 79.9. The molecule has 0 aliphatic rings. The average Bonchev–Trinajstić information content (AvgIpc) is 3.03. The highest BCUT2D eigenvalue weighted by Crippen LogP contribution is 2.24. The normalized spacial score (nSPS) is 11.2. The second-order valence-electron chi connectivity index (χ2n) is 5.30. The van der Waals surface area contributed by atoms with Crippen LogP contribution in [0, 0.1) is 0 Å². The molecule has 0 unspecified atom stereocenters. The van der Waals surface area contributed by atoms with Crippen molar-refractivity contribution < 1.29 is 22.7 Å². The lowest BCUT2D eigenvalue weighted by Crippen LogP contribution is -2.17. The number of para-hydroxylation sites is 1. The van der Waals surface area contributed by atoms with Gasteiger partial charge in [0, 0.05) is 10.5 Å². The number of anilines is 1. The molecule has 0 amide bonds. The molecule has 0 aliphatic carbocycles. The third-order valence-corrected chi connectivity index (χ3v) is 5.69. The number of hydrogen-bond acceptors (Lipinski definition) is 7. The van der Waals surface area contributed by atoms with Crippen LogP contribution in [0.5, 0.6) is 11.6 Å². The van der Waals surface area contributed by atoms with Crippen LogP contribution < -0.4 is 15.2 Å². The number of halogens is 1. The highest BCUT2D eigenvalue weighted by Gasteiger charge is 2.23. The Balaban J connectivity index is 1.90. The van der Waals surface area contributed by atoms with E-state index in [-0.39, 0.29) is 22.2 Å². The predicted octanol–water partition coefficient (Wildman–Crippen LogP) is 2.69. The zero-order chi connectivity index (χ0) is 19.6. The molecule has 27 heavy (non-hydrogen) atoms. The van der Waals surface area contributed by atoms with Crippen molar-refractivity contribution in [1.29, 1.82) is 0 Å². The fourth-order valence-corrected chi connectivity index (χ4v) is 3.73. The van der Waals surface area contributed by atoms with Crippen molar-refractivity contribution in [3.63, 3.8) is 0 Å². The number of esters is 1. The summed E-state index contributed by atoms with van der Waals surface area (Å²) in [7, 11) is -2.61. The minimum Gasteiger partial charge on any atom is -0.496 e. The van der Waals surface area contributed by atoms with E-state index in [0.29, 0.717) is 9.84 Å². The summed E-state index contributed by atoms with van der Waals surface area (Å²) in [6, 6.07) is 13.6. The smallest absolute Gasteiger partial charge is 0.348 e.